The Morgan fingerprint density at radius 2 is 2.00 bits per heavy atom. The van der Waals surface area contributed by atoms with Gasteiger partial charge in [-0.3, -0.25) is 4.79 Å². The molecule has 0 aliphatic carbocycles. The maximum Gasteiger partial charge on any atom is 0.340 e. The monoisotopic (exact) mass is 460 g/mol. The summed E-state index contributed by atoms with van der Waals surface area (Å²) >= 11 is 0. The quantitative estimate of drug-likeness (QED) is 0.252. The van der Waals surface area contributed by atoms with Crippen molar-refractivity contribution < 1.29 is 29.0 Å². The summed E-state index contributed by atoms with van der Waals surface area (Å²) in [6, 6.07) is 6.42. The van der Waals surface area contributed by atoms with Crippen LogP contribution >= 0.6 is 0 Å². The van der Waals surface area contributed by atoms with E-state index in [0.29, 0.717) is 5.75 Å². The summed E-state index contributed by atoms with van der Waals surface area (Å²) in [5, 5.41) is 11.6. The summed E-state index contributed by atoms with van der Waals surface area (Å²) in [7, 11) is 3.37. The second-order valence-electron chi connectivity index (χ2n) is 9.02. The van der Waals surface area contributed by atoms with Crippen LogP contribution in [-0.4, -0.2) is 61.1 Å². The van der Waals surface area contributed by atoms with E-state index in [1.807, 2.05) is 12.1 Å². The number of rotatable bonds is 9. The van der Waals surface area contributed by atoms with E-state index < -0.39 is 23.9 Å². The van der Waals surface area contributed by atoms with Gasteiger partial charge in [0, 0.05) is 12.0 Å². The highest BCUT2D eigenvalue weighted by Gasteiger charge is 2.33. The first-order chi connectivity index (χ1) is 15.6. The molecule has 8 nitrogen and oxygen atoms in total. The van der Waals surface area contributed by atoms with Gasteiger partial charge in [-0.1, -0.05) is 39.3 Å². The highest BCUT2D eigenvalue weighted by molar-refractivity contribution is 5.99. The first-order valence-corrected chi connectivity index (χ1v) is 11.4. The third-order valence-corrected chi connectivity index (χ3v) is 6.27. The number of likely N-dealkylation sites (N-methyl/N-ethyl adjacent to an activating group) is 1. The average Bonchev–Trinajstić information content (AvgIpc) is 2.97. The van der Waals surface area contributed by atoms with Gasteiger partial charge in [0.1, 0.15) is 11.8 Å². The molecule has 1 unspecified atom stereocenters. The molecule has 2 N–H and O–H groups in total. The number of benzene rings is 1. The van der Waals surface area contributed by atoms with Gasteiger partial charge in [-0.05, 0) is 56.5 Å². The second kappa shape index (κ2) is 11.8. The van der Waals surface area contributed by atoms with Crippen molar-refractivity contribution in [3.8, 4) is 5.75 Å². The van der Waals surface area contributed by atoms with Gasteiger partial charge < -0.3 is 24.8 Å². The molecule has 182 valence electrons. The Balaban J connectivity index is 2.18. The molecule has 0 radical (unpaired) electrons. The summed E-state index contributed by atoms with van der Waals surface area (Å²) in [4.78, 5) is 38.6. The summed E-state index contributed by atoms with van der Waals surface area (Å²) in [5.41, 5.74) is 1.11. The van der Waals surface area contributed by atoms with Crippen LogP contribution in [0.2, 0.25) is 0 Å². The van der Waals surface area contributed by atoms with Gasteiger partial charge in [0.25, 0.3) is 5.91 Å². The molecule has 8 heteroatoms. The molecule has 0 saturated carbocycles. The van der Waals surface area contributed by atoms with Crippen molar-refractivity contribution in [2.24, 2.45) is 5.92 Å². The van der Waals surface area contributed by atoms with Crippen LogP contribution in [0.25, 0.3) is 0 Å². The first kappa shape index (κ1) is 26.4. The van der Waals surface area contributed by atoms with Crippen LogP contribution in [-0.2, 0) is 24.5 Å². The van der Waals surface area contributed by atoms with Crippen molar-refractivity contribution in [1.82, 2.24) is 10.2 Å². The Bertz CT molecular complexity index is 881. The molecule has 1 aliphatic rings. The molecule has 33 heavy (non-hydrogen) atoms. The predicted molar refractivity (Wildman–Crippen MR) is 125 cm³/mol. The van der Waals surface area contributed by atoms with Crippen molar-refractivity contribution in [3.05, 3.63) is 41.7 Å². The number of nitrogens with one attached hydrogen (secondary N) is 1. The lowest BCUT2D eigenvalue weighted by Crippen LogP contribution is -2.45. The number of hydrogen-bond acceptors (Lipinski definition) is 6. The third kappa shape index (κ3) is 7.05. The minimum atomic E-state index is -1.16. The van der Waals surface area contributed by atoms with E-state index in [1.54, 1.807) is 19.9 Å². The molecular formula is C25H36N2O6. The lowest BCUT2D eigenvalue weighted by Gasteiger charge is -2.35. The SMILES string of the molecule is CCC1(c2cccc(OC(=O)/C=C(\OC)C(=O)N[C@H](C(=O)O)C(C)C)c2)CCCCN(C)C1. The number of carbonyl (C=O) groups excluding carboxylic acids is 2. The number of amides is 1. The summed E-state index contributed by atoms with van der Waals surface area (Å²) < 4.78 is 10.5. The first-order valence-electron chi connectivity index (χ1n) is 11.4. The Morgan fingerprint density at radius 3 is 2.61 bits per heavy atom. The van der Waals surface area contributed by atoms with Gasteiger partial charge in [0.05, 0.1) is 13.2 Å². The molecule has 1 aromatic carbocycles. The van der Waals surface area contributed by atoms with Crippen LogP contribution in [0.15, 0.2) is 36.1 Å². The molecule has 1 aliphatic heterocycles. The highest BCUT2D eigenvalue weighted by Crippen LogP contribution is 2.37. The normalized spacial score (nSPS) is 20.6. The molecule has 1 aromatic rings. The highest BCUT2D eigenvalue weighted by atomic mass is 16.5. The van der Waals surface area contributed by atoms with E-state index in [1.165, 1.54) is 13.5 Å². The Hall–Kier alpha value is -2.87. The van der Waals surface area contributed by atoms with E-state index in [9.17, 15) is 19.5 Å². The number of carboxylic acid groups (broad SMARTS) is 1. The van der Waals surface area contributed by atoms with Crippen molar-refractivity contribution in [1.29, 1.82) is 0 Å². The molecule has 2 atom stereocenters. The number of nitrogens with zero attached hydrogens (tertiary/aromatic N) is 1. The van der Waals surface area contributed by atoms with Gasteiger partial charge in [-0.15, -0.1) is 0 Å². The van der Waals surface area contributed by atoms with Gasteiger partial charge in [-0.25, -0.2) is 9.59 Å². The maximum atomic E-state index is 12.5. The fourth-order valence-corrected chi connectivity index (χ4v) is 4.33. The van der Waals surface area contributed by atoms with E-state index in [0.717, 1.165) is 44.0 Å². The molecule has 0 bridgehead atoms. The molecule has 1 fully saturated rings. The van der Waals surface area contributed by atoms with Crippen LogP contribution in [0.5, 0.6) is 5.75 Å². The van der Waals surface area contributed by atoms with E-state index in [-0.39, 0.29) is 17.1 Å². The maximum absolute atomic E-state index is 12.5. The van der Waals surface area contributed by atoms with Crippen molar-refractivity contribution in [2.75, 3.05) is 27.2 Å². The second-order valence-corrected chi connectivity index (χ2v) is 9.02. The number of likely N-dealkylation sites (tertiary alicyclic amines) is 1. The van der Waals surface area contributed by atoms with Crippen LogP contribution in [0.1, 0.15) is 52.0 Å². The lowest BCUT2D eigenvalue weighted by molar-refractivity contribution is -0.142. The van der Waals surface area contributed by atoms with Crippen LogP contribution in [0, 0.1) is 5.92 Å². The van der Waals surface area contributed by atoms with Crippen molar-refractivity contribution in [2.45, 2.75) is 57.9 Å². The molecular weight excluding hydrogens is 424 g/mol. The number of hydrogen-bond donors (Lipinski definition) is 2. The van der Waals surface area contributed by atoms with Crippen LogP contribution in [0.4, 0.5) is 0 Å². The van der Waals surface area contributed by atoms with Gasteiger partial charge >= 0.3 is 11.9 Å². The molecule has 1 saturated heterocycles. The zero-order valence-electron chi connectivity index (χ0n) is 20.2. The fraction of sp³-hybridized carbons (Fsp3) is 0.560. The van der Waals surface area contributed by atoms with Crippen molar-refractivity contribution >= 4 is 17.8 Å². The fourth-order valence-electron chi connectivity index (χ4n) is 4.33. The standard InChI is InChI=1S/C25H36N2O6/c1-6-25(12-7-8-13-27(4)16-25)18-10-9-11-19(14-18)33-21(28)15-20(32-5)23(29)26-22(17(2)3)24(30)31/h9-11,14-15,17,22H,6-8,12-13,16H2,1-5H3,(H,26,29)(H,30,31)/b20-15-/t22-,25?/m0/s1. The Labute approximate surface area is 195 Å². The van der Waals surface area contributed by atoms with Gasteiger partial charge in [0.2, 0.25) is 0 Å². The van der Waals surface area contributed by atoms with E-state index in [2.05, 4.69) is 30.3 Å². The number of ether oxygens (including phenoxy) is 2. The lowest BCUT2D eigenvalue weighted by atomic mass is 9.74. The molecule has 2 rings (SSSR count). The Morgan fingerprint density at radius 1 is 1.27 bits per heavy atom. The largest absolute Gasteiger partial charge is 0.491 e. The number of aliphatic carboxylic acids is 1. The smallest absolute Gasteiger partial charge is 0.340 e. The van der Waals surface area contributed by atoms with Gasteiger partial charge in [0.15, 0.2) is 5.76 Å². The predicted octanol–water partition coefficient (Wildman–Crippen LogP) is 3.11. The minimum Gasteiger partial charge on any atom is -0.491 e. The van der Waals surface area contributed by atoms with E-state index >= 15 is 0 Å². The third-order valence-electron chi connectivity index (χ3n) is 6.27. The van der Waals surface area contributed by atoms with Gasteiger partial charge in [-0.2, -0.15) is 0 Å². The molecule has 1 amide bonds. The van der Waals surface area contributed by atoms with Crippen LogP contribution < -0.4 is 10.1 Å². The van der Waals surface area contributed by atoms with Crippen LogP contribution in [0.3, 0.4) is 0 Å². The molecule has 1 heterocycles. The summed E-state index contributed by atoms with van der Waals surface area (Å²) in [5.74, 6) is -3.02. The number of carboxylic acids is 1. The average molecular weight is 461 g/mol. The number of carbonyl (C=O) groups is 3. The van der Waals surface area contributed by atoms with Crippen molar-refractivity contribution in [3.63, 3.8) is 0 Å². The molecule has 0 aromatic heterocycles. The topological polar surface area (TPSA) is 105 Å². The number of methoxy groups -OCH3 is 1. The molecule has 0 spiro atoms. The number of esters is 1. The zero-order chi connectivity index (χ0) is 24.6. The summed E-state index contributed by atoms with van der Waals surface area (Å²) in [6.07, 6.45) is 5.28. The zero-order valence-corrected chi connectivity index (χ0v) is 20.2. The minimum absolute atomic E-state index is 0.0101. The summed E-state index contributed by atoms with van der Waals surface area (Å²) in [6.45, 7) is 7.54. The Kier molecular flexibility index (Phi) is 9.46. The van der Waals surface area contributed by atoms with E-state index in [4.69, 9.17) is 9.47 Å².